The third-order valence-corrected chi connectivity index (χ3v) is 5.49. The van der Waals surface area contributed by atoms with Crippen molar-refractivity contribution in [3.05, 3.63) is 35.6 Å². The van der Waals surface area contributed by atoms with E-state index in [4.69, 9.17) is 14.5 Å². The average Bonchev–Trinajstić information content (AvgIpc) is 3.29. The van der Waals surface area contributed by atoms with Gasteiger partial charge in [-0.3, -0.25) is 0 Å². The zero-order chi connectivity index (χ0) is 17.6. The summed E-state index contributed by atoms with van der Waals surface area (Å²) in [5.41, 5.74) is 2.06. The molecule has 0 amide bonds. The van der Waals surface area contributed by atoms with Crippen molar-refractivity contribution in [1.29, 1.82) is 0 Å². The number of methoxy groups -OCH3 is 1. The molecule has 3 aromatic rings. The number of nitrogens with zero attached hydrogens (tertiary/aromatic N) is 4. The molecule has 8 heteroatoms. The Morgan fingerprint density at radius 2 is 2.12 bits per heavy atom. The van der Waals surface area contributed by atoms with E-state index in [0.29, 0.717) is 6.61 Å². The molecule has 6 nitrogen and oxygen atoms in total. The third kappa shape index (κ3) is 4.13. The lowest BCUT2D eigenvalue weighted by atomic mass is 10.2. The summed E-state index contributed by atoms with van der Waals surface area (Å²) in [5, 5.41) is 12.1. The molecule has 2 aromatic heterocycles. The maximum atomic E-state index is 5.57. The lowest BCUT2D eigenvalue weighted by molar-refractivity contribution is 0.311. The first-order chi connectivity index (χ1) is 12.2. The van der Waals surface area contributed by atoms with Crippen LogP contribution in [0.5, 0.6) is 11.5 Å². The summed E-state index contributed by atoms with van der Waals surface area (Å²) in [5.74, 6) is 2.24. The molecule has 3 rings (SSSR count). The SMILES string of the molecule is CCOc1ccc(-c2nc(CSc3nncn3CC)cs2)cc1OC. The molecule has 0 radical (unpaired) electrons. The fourth-order valence-corrected chi connectivity index (χ4v) is 4.09. The lowest BCUT2D eigenvalue weighted by Crippen LogP contribution is -1.95. The van der Waals surface area contributed by atoms with E-state index in [2.05, 4.69) is 22.5 Å². The Labute approximate surface area is 155 Å². The van der Waals surface area contributed by atoms with Gasteiger partial charge >= 0.3 is 0 Å². The Bertz CT molecular complexity index is 832. The molecule has 0 bridgehead atoms. The van der Waals surface area contributed by atoms with E-state index in [1.807, 2.05) is 29.7 Å². The van der Waals surface area contributed by atoms with Crippen LogP contribution in [0.25, 0.3) is 10.6 Å². The average molecular weight is 377 g/mol. The van der Waals surface area contributed by atoms with Gasteiger partial charge in [0.05, 0.1) is 19.4 Å². The van der Waals surface area contributed by atoms with E-state index < -0.39 is 0 Å². The van der Waals surface area contributed by atoms with Gasteiger partial charge in [0.15, 0.2) is 16.7 Å². The Hall–Kier alpha value is -2.06. The molecule has 0 aliphatic carbocycles. The number of aryl methyl sites for hydroxylation is 1. The molecule has 1 aromatic carbocycles. The summed E-state index contributed by atoms with van der Waals surface area (Å²) in [6.45, 7) is 5.51. The molecule has 0 fully saturated rings. The molecule has 0 aliphatic rings. The molecule has 0 spiro atoms. The number of thioether (sulfide) groups is 1. The highest BCUT2D eigenvalue weighted by Crippen LogP contribution is 2.34. The normalized spacial score (nSPS) is 10.8. The van der Waals surface area contributed by atoms with Crippen LogP contribution in [0.15, 0.2) is 35.1 Å². The number of aromatic nitrogens is 4. The van der Waals surface area contributed by atoms with Gasteiger partial charge in [-0.1, -0.05) is 11.8 Å². The largest absolute Gasteiger partial charge is 0.493 e. The van der Waals surface area contributed by atoms with E-state index in [1.54, 1.807) is 36.5 Å². The number of ether oxygens (including phenoxy) is 2. The van der Waals surface area contributed by atoms with Gasteiger partial charge < -0.3 is 14.0 Å². The van der Waals surface area contributed by atoms with E-state index in [9.17, 15) is 0 Å². The molecule has 0 N–H and O–H groups in total. The van der Waals surface area contributed by atoms with Gasteiger partial charge in [-0.25, -0.2) is 4.98 Å². The second-order valence-electron chi connectivity index (χ2n) is 5.13. The van der Waals surface area contributed by atoms with Crippen molar-refractivity contribution in [3.8, 4) is 22.1 Å². The molecule has 0 aliphatic heterocycles. The van der Waals surface area contributed by atoms with E-state index in [1.165, 1.54) is 0 Å². The molecule has 0 saturated carbocycles. The number of hydrogen-bond donors (Lipinski definition) is 0. The van der Waals surface area contributed by atoms with Crippen molar-refractivity contribution < 1.29 is 9.47 Å². The fourth-order valence-electron chi connectivity index (χ4n) is 2.29. The number of hydrogen-bond acceptors (Lipinski definition) is 7. The van der Waals surface area contributed by atoms with E-state index >= 15 is 0 Å². The monoisotopic (exact) mass is 376 g/mol. The van der Waals surface area contributed by atoms with Crippen LogP contribution in [-0.2, 0) is 12.3 Å². The van der Waals surface area contributed by atoms with Crippen LogP contribution in [-0.4, -0.2) is 33.5 Å². The van der Waals surface area contributed by atoms with Crippen LogP contribution in [0.4, 0.5) is 0 Å². The Balaban J connectivity index is 1.72. The lowest BCUT2D eigenvalue weighted by Gasteiger charge is -2.09. The maximum absolute atomic E-state index is 5.57. The number of benzene rings is 1. The van der Waals surface area contributed by atoms with Gasteiger partial charge in [0.2, 0.25) is 0 Å². The summed E-state index contributed by atoms with van der Waals surface area (Å²) in [7, 11) is 1.65. The third-order valence-electron chi connectivity index (χ3n) is 3.53. The zero-order valence-corrected chi connectivity index (χ0v) is 16.1. The highest BCUT2D eigenvalue weighted by atomic mass is 32.2. The van der Waals surface area contributed by atoms with Crippen LogP contribution in [0, 0.1) is 0 Å². The van der Waals surface area contributed by atoms with Gasteiger partial charge in [0, 0.05) is 23.2 Å². The van der Waals surface area contributed by atoms with Gasteiger partial charge in [0.1, 0.15) is 11.3 Å². The molecule has 0 atom stereocenters. The molecule has 0 saturated heterocycles. The van der Waals surface area contributed by atoms with Gasteiger partial charge in [0.25, 0.3) is 0 Å². The van der Waals surface area contributed by atoms with Crippen LogP contribution < -0.4 is 9.47 Å². The molecular weight excluding hydrogens is 356 g/mol. The summed E-state index contributed by atoms with van der Waals surface area (Å²) in [6, 6.07) is 5.91. The molecule has 132 valence electrons. The predicted octanol–water partition coefficient (Wildman–Crippen LogP) is 4.12. The minimum absolute atomic E-state index is 0.608. The second-order valence-corrected chi connectivity index (χ2v) is 6.93. The summed E-state index contributed by atoms with van der Waals surface area (Å²) in [6.07, 6.45) is 1.75. The van der Waals surface area contributed by atoms with Crippen molar-refractivity contribution in [1.82, 2.24) is 19.7 Å². The quantitative estimate of drug-likeness (QED) is 0.551. The topological polar surface area (TPSA) is 62.1 Å². The molecular formula is C17H20N4O2S2. The Morgan fingerprint density at radius 3 is 2.88 bits per heavy atom. The first-order valence-corrected chi connectivity index (χ1v) is 9.87. The minimum Gasteiger partial charge on any atom is -0.493 e. The highest BCUT2D eigenvalue weighted by molar-refractivity contribution is 7.98. The van der Waals surface area contributed by atoms with Crippen LogP contribution in [0.1, 0.15) is 19.5 Å². The number of thiazole rings is 1. The first-order valence-electron chi connectivity index (χ1n) is 8.01. The van der Waals surface area contributed by atoms with Crippen molar-refractivity contribution in [2.45, 2.75) is 31.3 Å². The Kier molecular flexibility index (Phi) is 5.93. The second kappa shape index (κ2) is 8.35. The summed E-state index contributed by atoms with van der Waals surface area (Å²) < 4.78 is 13.0. The van der Waals surface area contributed by atoms with Gasteiger partial charge in [-0.05, 0) is 32.0 Å². The van der Waals surface area contributed by atoms with Crippen LogP contribution in [0.3, 0.4) is 0 Å². The predicted molar refractivity (Wildman–Crippen MR) is 101 cm³/mol. The van der Waals surface area contributed by atoms with Crippen molar-refractivity contribution >= 4 is 23.1 Å². The van der Waals surface area contributed by atoms with Crippen LogP contribution in [0.2, 0.25) is 0 Å². The maximum Gasteiger partial charge on any atom is 0.191 e. The highest BCUT2D eigenvalue weighted by Gasteiger charge is 2.11. The minimum atomic E-state index is 0.608. The molecule has 2 heterocycles. The van der Waals surface area contributed by atoms with Crippen LogP contribution >= 0.6 is 23.1 Å². The number of rotatable bonds is 8. The van der Waals surface area contributed by atoms with Crippen molar-refractivity contribution in [2.24, 2.45) is 0 Å². The van der Waals surface area contributed by atoms with Crippen molar-refractivity contribution in [2.75, 3.05) is 13.7 Å². The van der Waals surface area contributed by atoms with E-state index in [0.717, 1.165) is 45.2 Å². The Morgan fingerprint density at radius 1 is 1.24 bits per heavy atom. The van der Waals surface area contributed by atoms with Gasteiger partial charge in [-0.15, -0.1) is 21.5 Å². The summed E-state index contributed by atoms with van der Waals surface area (Å²) in [4.78, 5) is 4.73. The zero-order valence-electron chi connectivity index (χ0n) is 14.4. The standard InChI is InChI=1S/C17H20N4O2S2/c1-4-21-11-18-20-17(21)25-10-13-9-24-16(19-13)12-6-7-14(23-5-2)15(8-12)22-3/h6-9,11H,4-5,10H2,1-3H3. The molecule has 25 heavy (non-hydrogen) atoms. The van der Waals surface area contributed by atoms with Gasteiger partial charge in [-0.2, -0.15) is 0 Å². The summed E-state index contributed by atoms with van der Waals surface area (Å²) >= 11 is 3.27. The first kappa shape index (κ1) is 17.8. The fraction of sp³-hybridized carbons (Fsp3) is 0.353. The molecule has 0 unspecified atom stereocenters. The van der Waals surface area contributed by atoms with Crippen molar-refractivity contribution in [3.63, 3.8) is 0 Å². The van der Waals surface area contributed by atoms with E-state index in [-0.39, 0.29) is 0 Å². The smallest absolute Gasteiger partial charge is 0.191 e.